The lowest BCUT2D eigenvalue weighted by Crippen LogP contribution is -2.66. The molecule has 0 saturated carbocycles. The first-order chi connectivity index (χ1) is 20.9. The Morgan fingerprint density at radius 3 is 1.93 bits per heavy atom. The number of anilines is 1. The van der Waals surface area contributed by atoms with Crippen LogP contribution >= 0.6 is 0 Å². The van der Waals surface area contributed by atoms with Gasteiger partial charge >= 0.3 is 0 Å². The quantitative estimate of drug-likeness (QED) is 0.0805. The molecular weight excluding hydrogens is 547 g/mol. The first-order valence-corrected chi connectivity index (χ1v) is 17.6. The number of hydrogen-bond donors (Lipinski definition) is 1. The lowest BCUT2D eigenvalue weighted by molar-refractivity contribution is 0.111. The van der Waals surface area contributed by atoms with E-state index in [9.17, 15) is 4.79 Å². The van der Waals surface area contributed by atoms with E-state index < -0.39 is 8.32 Å². The molecule has 0 aliphatic carbocycles. The van der Waals surface area contributed by atoms with E-state index in [1.807, 2.05) is 48.5 Å². The molecule has 1 atom stereocenters. The summed E-state index contributed by atoms with van der Waals surface area (Å²) in [5.74, 6) is 0.605. The van der Waals surface area contributed by atoms with Crippen LogP contribution in [0.25, 0.3) is 0 Å². The highest BCUT2D eigenvalue weighted by Gasteiger charge is 2.49. The summed E-state index contributed by atoms with van der Waals surface area (Å²) in [5.41, 5.74) is 2.60. The van der Waals surface area contributed by atoms with Crippen molar-refractivity contribution in [2.24, 2.45) is 0 Å². The molecule has 0 heterocycles. The minimum absolute atomic E-state index is 0.0357. The molecular formula is C38H47NO3Si. The maximum absolute atomic E-state index is 11.7. The predicted octanol–water partition coefficient (Wildman–Crippen LogP) is 8.41. The molecule has 0 radical (unpaired) electrons. The fraction of sp³-hybridized carbons (Fsp3) is 0.342. The number of aldehydes is 1. The van der Waals surface area contributed by atoms with E-state index in [1.165, 1.54) is 10.4 Å². The fourth-order valence-corrected chi connectivity index (χ4v) is 10.5. The Labute approximate surface area is 259 Å². The average molecular weight is 594 g/mol. The number of carbonyl (C=O) groups excluding carboxylic acids is 1. The van der Waals surface area contributed by atoms with Crippen molar-refractivity contribution in [1.29, 1.82) is 0 Å². The molecule has 5 heteroatoms. The summed E-state index contributed by atoms with van der Waals surface area (Å²) < 4.78 is 13.2. The number of unbranched alkanes of at least 4 members (excludes halogenated alkanes) is 1. The van der Waals surface area contributed by atoms with Gasteiger partial charge < -0.3 is 14.5 Å². The Bertz CT molecular complexity index is 1350. The van der Waals surface area contributed by atoms with Crippen molar-refractivity contribution in [1.82, 2.24) is 0 Å². The number of benzene rings is 4. The Kier molecular flexibility index (Phi) is 11.8. The normalized spacial score (nSPS) is 12.5. The van der Waals surface area contributed by atoms with Gasteiger partial charge in [0.05, 0.1) is 5.56 Å². The second-order valence-corrected chi connectivity index (χ2v) is 16.6. The molecule has 0 bridgehead atoms. The van der Waals surface area contributed by atoms with Crippen LogP contribution in [-0.2, 0) is 11.0 Å². The zero-order valence-corrected chi connectivity index (χ0v) is 27.2. The number of carbonyl (C=O) groups is 1. The molecule has 0 amide bonds. The Balaban J connectivity index is 1.47. The van der Waals surface area contributed by atoms with Crippen molar-refractivity contribution in [2.45, 2.75) is 77.5 Å². The topological polar surface area (TPSA) is 47.6 Å². The number of rotatable bonds is 16. The van der Waals surface area contributed by atoms with Crippen molar-refractivity contribution in [3.63, 3.8) is 0 Å². The van der Waals surface area contributed by atoms with E-state index in [2.05, 4.69) is 93.7 Å². The summed E-state index contributed by atoms with van der Waals surface area (Å²) >= 11 is 0. The molecule has 0 aromatic heterocycles. The molecule has 4 aromatic rings. The molecule has 1 unspecified atom stereocenters. The molecule has 0 fully saturated rings. The van der Waals surface area contributed by atoms with Crippen LogP contribution in [0.5, 0.6) is 5.75 Å². The van der Waals surface area contributed by atoms with Crippen LogP contribution in [0.2, 0.25) is 5.04 Å². The Morgan fingerprint density at radius 2 is 1.37 bits per heavy atom. The van der Waals surface area contributed by atoms with Crippen molar-refractivity contribution in [3.8, 4) is 5.75 Å². The van der Waals surface area contributed by atoms with Gasteiger partial charge in [-0.2, -0.15) is 0 Å². The van der Waals surface area contributed by atoms with Crippen LogP contribution in [0.4, 0.5) is 5.69 Å². The number of nitrogens with one attached hydrogen (secondary N) is 1. The second kappa shape index (κ2) is 15.7. The van der Waals surface area contributed by atoms with E-state index in [0.29, 0.717) is 30.6 Å². The van der Waals surface area contributed by atoms with Gasteiger partial charge in [0.2, 0.25) is 0 Å². The van der Waals surface area contributed by atoms with Gasteiger partial charge in [-0.25, -0.2) is 0 Å². The fourth-order valence-electron chi connectivity index (χ4n) is 5.87. The molecule has 4 aromatic carbocycles. The standard InChI is InChI=1S/C38H47NO3Si/c1-5-6-19-33(39-34-26-25-32(29-40)37(28-34)41-30-31-17-10-7-11-18-31)20-16-27-42-43(38(2,3)4,35-21-12-8-13-22-35)36-23-14-9-15-24-36/h7-15,17-18,21-26,28-29,33,39H,5-6,16,19-20,27,30H2,1-4H3. The van der Waals surface area contributed by atoms with Crippen LogP contribution in [0.1, 0.15) is 75.7 Å². The minimum Gasteiger partial charge on any atom is -0.488 e. The van der Waals surface area contributed by atoms with Gasteiger partial charge in [0.1, 0.15) is 12.4 Å². The molecule has 4 nitrogen and oxygen atoms in total. The maximum atomic E-state index is 11.7. The van der Waals surface area contributed by atoms with Crippen molar-refractivity contribution >= 4 is 30.7 Å². The second-order valence-electron chi connectivity index (χ2n) is 12.3. The van der Waals surface area contributed by atoms with Gasteiger partial charge in [0.15, 0.2) is 6.29 Å². The van der Waals surface area contributed by atoms with Gasteiger partial charge in [-0.1, -0.05) is 132 Å². The highest BCUT2D eigenvalue weighted by Crippen LogP contribution is 2.37. The molecule has 4 rings (SSSR count). The first-order valence-electron chi connectivity index (χ1n) is 15.6. The van der Waals surface area contributed by atoms with Crippen molar-refractivity contribution < 1.29 is 14.0 Å². The van der Waals surface area contributed by atoms with E-state index in [1.54, 1.807) is 0 Å². The summed E-state index contributed by atoms with van der Waals surface area (Å²) in [4.78, 5) is 11.7. The lowest BCUT2D eigenvalue weighted by atomic mass is 10.0. The molecule has 0 aliphatic heterocycles. The summed E-state index contributed by atoms with van der Waals surface area (Å²) in [5, 5.41) is 6.34. The largest absolute Gasteiger partial charge is 0.488 e. The summed E-state index contributed by atoms with van der Waals surface area (Å²) in [7, 11) is -2.55. The highest BCUT2D eigenvalue weighted by atomic mass is 28.4. The van der Waals surface area contributed by atoms with E-state index >= 15 is 0 Å². The summed E-state index contributed by atoms with van der Waals surface area (Å²) in [6.45, 7) is 10.3. The number of hydrogen-bond acceptors (Lipinski definition) is 4. The smallest absolute Gasteiger partial charge is 0.261 e. The third-order valence-corrected chi connectivity index (χ3v) is 13.1. The zero-order chi connectivity index (χ0) is 30.5. The summed E-state index contributed by atoms with van der Waals surface area (Å²) in [6.07, 6.45) is 6.18. The maximum Gasteiger partial charge on any atom is 0.261 e. The molecule has 43 heavy (non-hydrogen) atoms. The minimum atomic E-state index is -2.55. The van der Waals surface area contributed by atoms with E-state index in [4.69, 9.17) is 9.16 Å². The molecule has 226 valence electrons. The summed E-state index contributed by atoms with van der Waals surface area (Å²) in [6, 6.07) is 37.8. The first kappa shape index (κ1) is 32.2. The van der Waals surface area contributed by atoms with Crippen molar-refractivity contribution in [3.05, 3.63) is 120 Å². The van der Waals surface area contributed by atoms with Gasteiger partial charge in [-0.3, -0.25) is 4.79 Å². The Hall–Kier alpha value is -3.67. The van der Waals surface area contributed by atoms with Crippen LogP contribution in [-0.4, -0.2) is 27.3 Å². The third kappa shape index (κ3) is 8.46. The average Bonchev–Trinajstić information content (AvgIpc) is 3.03. The monoisotopic (exact) mass is 593 g/mol. The third-order valence-electron chi connectivity index (χ3n) is 8.09. The van der Waals surface area contributed by atoms with Crippen LogP contribution in [0, 0.1) is 0 Å². The predicted molar refractivity (Wildman–Crippen MR) is 182 cm³/mol. The SMILES string of the molecule is CCCCC(CCCO[Si](c1ccccc1)(c1ccccc1)C(C)(C)C)Nc1ccc(C=O)c(OCc2ccccc2)c1. The zero-order valence-electron chi connectivity index (χ0n) is 26.2. The van der Waals surface area contributed by atoms with Crippen LogP contribution < -0.4 is 20.4 Å². The molecule has 0 saturated heterocycles. The van der Waals surface area contributed by atoms with Gasteiger partial charge in [0, 0.05) is 24.4 Å². The number of ether oxygens (including phenoxy) is 1. The van der Waals surface area contributed by atoms with Crippen LogP contribution in [0.15, 0.2) is 109 Å². The van der Waals surface area contributed by atoms with Gasteiger partial charge in [-0.05, 0) is 52.4 Å². The molecule has 0 aliphatic rings. The van der Waals surface area contributed by atoms with Crippen molar-refractivity contribution in [2.75, 3.05) is 11.9 Å². The van der Waals surface area contributed by atoms with Gasteiger partial charge in [0.25, 0.3) is 8.32 Å². The van der Waals surface area contributed by atoms with E-state index in [0.717, 1.165) is 49.6 Å². The molecule has 1 N–H and O–H groups in total. The Morgan fingerprint density at radius 1 is 0.791 bits per heavy atom. The lowest BCUT2D eigenvalue weighted by Gasteiger charge is -2.43. The molecule has 0 spiro atoms. The van der Waals surface area contributed by atoms with Crippen LogP contribution in [0.3, 0.4) is 0 Å². The highest BCUT2D eigenvalue weighted by molar-refractivity contribution is 6.99. The van der Waals surface area contributed by atoms with Gasteiger partial charge in [-0.15, -0.1) is 0 Å². The van der Waals surface area contributed by atoms with E-state index in [-0.39, 0.29) is 5.04 Å².